The van der Waals surface area contributed by atoms with Crippen molar-refractivity contribution in [2.45, 2.75) is 33.3 Å². The molecule has 8 nitrogen and oxygen atoms in total. The Labute approximate surface area is 162 Å². The third kappa shape index (κ3) is 3.73. The van der Waals surface area contributed by atoms with Crippen molar-refractivity contribution in [1.29, 1.82) is 5.26 Å². The van der Waals surface area contributed by atoms with E-state index in [1.807, 2.05) is 19.9 Å². The zero-order chi connectivity index (χ0) is 21.1. The molecule has 3 aromatic rings. The summed E-state index contributed by atoms with van der Waals surface area (Å²) in [5.74, 6) is -0.0684. The number of aliphatic hydroxyl groups is 1. The Balaban J connectivity index is 0.00000136. The van der Waals surface area contributed by atoms with Gasteiger partial charge in [0.15, 0.2) is 17.2 Å². The van der Waals surface area contributed by atoms with Gasteiger partial charge in [-0.2, -0.15) is 10.4 Å². The zero-order valence-corrected chi connectivity index (χ0v) is 16.7. The number of hydrogen-bond donors (Lipinski definition) is 2. The van der Waals surface area contributed by atoms with Gasteiger partial charge in [-0.05, 0) is 19.9 Å². The molecule has 0 spiro atoms. The minimum Gasteiger partial charge on any atom is -0.493 e. The molecule has 0 fully saturated rings. The van der Waals surface area contributed by atoms with E-state index in [0.717, 1.165) is 6.07 Å². The first-order valence-corrected chi connectivity index (χ1v) is 8.74. The van der Waals surface area contributed by atoms with Crippen LogP contribution in [0.5, 0.6) is 5.75 Å². The van der Waals surface area contributed by atoms with Gasteiger partial charge in [-0.3, -0.25) is 0 Å². The normalized spacial score (nSPS) is 10.8. The lowest BCUT2D eigenvalue weighted by Gasteiger charge is -2.19. The van der Waals surface area contributed by atoms with Crippen LogP contribution >= 0.6 is 0 Å². The maximum Gasteiger partial charge on any atom is 0.165 e. The molecule has 28 heavy (non-hydrogen) atoms. The van der Waals surface area contributed by atoms with E-state index in [2.05, 4.69) is 20.4 Å². The van der Waals surface area contributed by atoms with E-state index in [9.17, 15) is 9.50 Å². The topological polar surface area (TPSA) is 108 Å². The molecule has 0 unspecified atom stereocenters. The van der Waals surface area contributed by atoms with Crippen molar-refractivity contribution in [2.24, 2.45) is 0 Å². The van der Waals surface area contributed by atoms with Crippen LogP contribution in [0.15, 0.2) is 18.5 Å². The summed E-state index contributed by atoms with van der Waals surface area (Å²) in [6, 6.07) is 3.00. The molecule has 148 valence electrons. The van der Waals surface area contributed by atoms with E-state index in [1.54, 1.807) is 27.1 Å². The summed E-state index contributed by atoms with van der Waals surface area (Å²) in [5, 5.41) is 26.4. The number of aromatic nitrogens is 4. The van der Waals surface area contributed by atoms with Crippen molar-refractivity contribution in [3.63, 3.8) is 0 Å². The van der Waals surface area contributed by atoms with Gasteiger partial charge in [0, 0.05) is 7.05 Å². The lowest BCUT2D eigenvalue weighted by atomic mass is 10.0. The highest BCUT2D eigenvalue weighted by Gasteiger charge is 2.26. The van der Waals surface area contributed by atoms with E-state index < -0.39 is 11.4 Å². The number of nitriles is 1. The van der Waals surface area contributed by atoms with E-state index in [-0.39, 0.29) is 22.8 Å². The third-order valence-corrected chi connectivity index (χ3v) is 3.85. The standard InChI is InChI=1S/C17H17FN6O2.C2H6/c1-17(2,25)14-12(26-4)8-24-16(23-14)10(7-21-24)13-11(18)5-9(6-19)15(20-3)22-13;1-2/h5,7-8,25H,1-4H3,(H,20,22);1-2H3. The average molecular weight is 386 g/mol. The van der Waals surface area contributed by atoms with Gasteiger partial charge in [-0.15, -0.1) is 0 Å². The van der Waals surface area contributed by atoms with Crippen LogP contribution in [-0.4, -0.2) is 38.8 Å². The second-order valence-electron chi connectivity index (χ2n) is 6.12. The number of hydrogen-bond acceptors (Lipinski definition) is 7. The minimum absolute atomic E-state index is 0.00251. The molecule has 3 aromatic heterocycles. The summed E-state index contributed by atoms with van der Waals surface area (Å²) in [7, 11) is 3.06. The number of halogens is 1. The number of nitrogens with zero attached hydrogens (tertiary/aromatic N) is 5. The van der Waals surface area contributed by atoms with Gasteiger partial charge in [0.25, 0.3) is 0 Å². The third-order valence-electron chi connectivity index (χ3n) is 3.85. The van der Waals surface area contributed by atoms with Crippen LogP contribution in [0.25, 0.3) is 16.9 Å². The first-order valence-electron chi connectivity index (χ1n) is 8.74. The van der Waals surface area contributed by atoms with Gasteiger partial charge in [0.05, 0.1) is 30.6 Å². The molecule has 0 amide bonds. The highest BCUT2D eigenvalue weighted by atomic mass is 19.1. The molecule has 0 saturated carbocycles. The fourth-order valence-corrected chi connectivity index (χ4v) is 2.60. The van der Waals surface area contributed by atoms with Crippen molar-refractivity contribution in [2.75, 3.05) is 19.5 Å². The van der Waals surface area contributed by atoms with Crippen molar-refractivity contribution >= 4 is 11.5 Å². The summed E-state index contributed by atoms with van der Waals surface area (Å²) >= 11 is 0. The van der Waals surface area contributed by atoms with Gasteiger partial charge in [0.1, 0.15) is 28.9 Å². The lowest BCUT2D eigenvalue weighted by molar-refractivity contribution is 0.0707. The number of methoxy groups -OCH3 is 1. The smallest absolute Gasteiger partial charge is 0.165 e. The molecule has 3 rings (SSSR count). The van der Waals surface area contributed by atoms with Crippen LogP contribution in [0.1, 0.15) is 39.0 Å². The monoisotopic (exact) mass is 386 g/mol. The predicted molar refractivity (Wildman–Crippen MR) is 104 cm³/mol. The number of nitrogens with one attached hydrogen (secondary N) is 1. The molecule has 9 heteroatoms. The van der Waals surface area contributed by atoms with Gasteiger partial charge >= 0.3 is 0 Å². The largest absolute Gasteiger partial charge is 0.493 e. The average Bonchev–Trinajstić information content (AvgIpc) is 3.10. The Morgan fingerprint density at radius 3 is 2.54 bits per heavy atom. The predicted octanol–water partition coefficient (Wildman–Crippen LogP) is 3.11. The van der Waals surface area contributed by atoms with Crippen LogP contribution < -0.4 is 10.1 Å². The Bertz CT molecular complexity index is 1030. The van der Waals surface area contributed by atoms with Crippen LogP contribution in [0.4, 0.5) is 10.2 Å². The Kier molecular flexibility index (Phi) is 6.16. The van der Waals surface area contributed by atoms with E-state index in [4.69, 9.17) is 10.00 Å². The first-order chi connectivity index (χ1) is 13.3. The fourth-order valence-electron chi connectivity index (χ4n) is 2.60. The Hall–Kier alpha value is -3.25. The highest BCUT2D eigenvalue weighted by Crippen LogP contribution is 2.32. The maximum atomic E-state index is 14.5. The number of rotatable bonds is 4. The van der Waals surface area contributed by atoms with Crippen molar-refractivity contribution in [1.82, 2.24) is 19.6 Å². The van der Waals surface area contributed by atoms with Gasteiger partial charge in [-0.1, -0.05) is 13.8 Å². The van der Waals surface area contributed by atoms with Crippen molar-refractivity contribution in [3.8, 4) is 23.1 Å². The molecule has 0 atom stereocenters. The van der Waals surface area contributed by atoms with Gasteiger partial charge in [-0.25, -0.2) is 18.9 Å². The second-order valence-corrected chi connectivity index (χ2v) is 6.12. The summed E-state index contributed by atoms with van der Waals surface area (Å²) in [6.45, 7) is 7.15. The molecule has 2 N–H and O–H groups in total. The highest BCUT2D eigenvalue weighted by molar-refractivity contribution is 5.77. The molecule has 0 aliphatic heterocycles. The van der Waals surface area contributed by atoms with E-state index in [0.29, 0.717) is 17.0 Å². The maximum absolute atomic E-state index is 14.5. The zero-order valence-electron chi connectivity index (χ0n) is 16.7. The van der Waals surface area contributed by atoms with Crippen LogP contribution in [0, 0.1) is 17.1 Å². The first kappa shape index (κ1) is 21.1. The van der Waals surface area contributed by atoms with Crippen molar-refractivity contribution < 1.29 is 14.2 Å². The van der Waals surface area contributed by atoms with Crippen LogP contribution in [0.3, 0.4) is 0 Å². The van der Waals surface area contributed by atoms with Crippen LogP contribution in [0.2, 0.25) is 0 Å². The van der Waals surface area contributed by atoms with Gasteiger partial charge < -0.3 is 15.2 Å². The van der Waals surface area contributed by atoms with Gasteiger partial charge in [0.2, 0.25) is 0 Å². The molecule has 0 radical (unpaired) electrons. The molecule has 0 saturated heterocycles. The molecule has 0 bridgehead atoms. The number of pyridine rings is 1. The Morgan fingerprint density at radius 2 is 2.00 bits per heavy atom. The van der Waals surface area contributed by atoms with Crippen LogP contribution in [-0.2, 0) is 5.60 Å². The minimum atomic E-state index is -1.28. The molecule has 0 aliphatic carbocycles. The second kappa shape index (κ2) is 8.19. The molecular formula is C19H23FN6O2. The fraction of sp³-hybridized carbons (Fsp3) is 0.368. The number of anilines is 1. The number of ether oxygens (including phenoxy) is 1. The summed E-state index contributed by atoms with van der Waals surface area (Å²) in [6.07, 6.45) is 2.98. The molecule has 0 aliphatic rings. The van der Waals surface area contributed by atoms with E-state index >= 15 is 0 Å². The SMILES string of the molecule is CC.CNc1nc(-c2cnn3cc(OC)c(C(C)(C)O)nc23)c(F)cc1C#N. The lowest BCUT2D eigenvalue weighted by Crippen LogP contribution is -2.19. The summed E-state index contributed by atoms with van der Waals surface area (Å²) in [4.78, 5) is 8.62. The van der Waals surface area contributed by atoms with E-state index in [1.165, 1.54) is 17.8 Å². The molecular weight excluding hydrogens is 363 g/mol. The summed E-state index contributed by atoms with van der Waals surface area (Å²) in [5.41, 5.74) is -0.254. The summed E-state index contributed by atoms with van der Waals surface area (Å²) < 4.78 is 21.2. The Morgan fingerprint density at radius 1 is 1.32 bits per heavy atom. The van der Waals surface area contributed by atoms with Crippen molar-refractivity contribution in [3.05, 3.63) is 35.5 Å². The molecule has 0 aromatic carbocycles. The molecule has 3 heterocycles. The number of fused-ring (bicyclic) bond motifs is 1. The quantitative estimate of drug-likeness (QED) is 0.709.